The van der Waals surface area contributed by atoms with E-state index in [2.05, 4.69) is 15.0 Å². The molecule has 0 spiro atoms. The third-order valence-electron chi connectivity index (χ3n) is 2.74. The van der Waals surface area contributed by atoms with E-state index in [0.29, 0.717) is 5.69 Å². The Kier molecular flexibility index (Phi) is 5.35. The standard InChI is InChI=1S/C14H13F2N3O3S/c15-12-4-3-10(6-13(12)16)9-23(21,22)18-8-14(20)19-11-2-1-5-17-7-11/h1-7,18H,8-9H2,(H,19,20). The number of hydrogen-bond acceptors (Lipinski definition) is 4. The Morgan fingerprint density at radius 3 is 2.61 bits per heavy atom. The molecule has 0 fully saturated rings. The summed E-state index contributed by atoms with van der Waals surface area (Å²) in [4.78, 5) is 15.4. The molecule has 0 aliphatic carbocycles. The van der Waals surface area contributed by atoms with E-state index in [4.69, 9.17) is 0 Å². The molecule has 0 atom stereocenters. The van der Waals surface area contributed by atoms with Crippen LogP contribution in [0, 0.1) is 11.6 Å². The predicted octanol–water partition coefficient (Wildman–Crippen LogP) is 1.42. The maximum absolute atomic E-state index is 13.1. The molecule has 2 aromatic rings. The van der Waals surface area contributed by atoms with Crippen LogP contribution >= 0.6 is 0 Å². The summed E-state index contributed by atoms with van der Waals surface area (Å²) in [6.07, 6.45) is 2.94. The van der Waals surface area contributed by atoms with Crippen LogP contribution in [0.5, 0.6) is 0 Å². The van der Waals surface area contributed by atoms with E-state index in [1.54, 1.807) is 12.1 Å². The summed E-state index contributed by atoms with van der Waals surface area (Å²) in [5.41, 5.74) is 0.501. The summed E-state index contributed by atoms with van der Waals surface area (Å²) in [5.74, 6) is -3.33. The molecule has 1 aromatic carbocycles. The van der Waals surface area contributed by atoms with Gasteiger partial charge in [0, 0.05) is 6.20 Å². The lowest BCUT2D eigenvalue weighted by Crippen LogP contribution is -2.33. The van der Waals surface area contributed by atoms with Crippen molar-refractivity contribution in [3.63, 3.8) is 0 Å². The van der Waals surface area contributed by atoms with Crippen molar-refractivity contribution >= 4 is 21.6 Å². The minimum Gasteiger partial charge on any atom is -0.324 e. The van der Waals surface area contributed by atoms with Gasteiger partial charge in [-0.1, -0.05) is 6.07 Å². The van der Waals surface area contributed by atoms with Gasteiger partial charge < -0.3 is 5.32 Å². The number of amides is 1. The Morgan fingerprint density at radius 1 is 1.17 bits per heavy atom. The molecule has 23 heavy (non-hydrogen) atoms. The fraction of sp³-hybridized carbons (Fsp3) is 0.143. The first-order valence-electron chi connectivity index (χ1n) is 6.47. The van der Waals surface area contributed by atoms with Crippen LogP contribution in [0.3, 0.4) is 0 Å². The molecule has 0 radical (unpaired) electrons. The quantitative estimate of drug-likeness (QED) is 0.832. The van der Waals surface area contributed by atoms with E-state index < -0.39 is 39.9 Å². The molecule has 1 aromatic heterocycles. The number of rotatable bonds is 6. The first kappa shape index (κ1) is 17.0. The summed E-state index contributed by atoms with van der Waals surface area (Å²) < 4.78 is 51.6. The van der Waals surface area contributed by atoms with Crippen molar-refractivity contribution in [1.82, 2.24) is 9.71 Å². The number of anilines is 1. The number of aromatic nitrogens is 1. The fourth-order valence-electron chi connectivity index (χ4n) is 1.72. The van der Waals surface area contributed by atoms with Crippen molar-refractivity contribution in [2.45, 2.75) is 5.75 Å². The monoisotopic (exact) mass is 341 g/mol. The number of sulfonamides is 1. The molecule has 2 rings (SSSR count). The van der Waals surface area contributed by atoms with Gasteiger partial charge in [-0.25, -0.2) is 21.9 Å². The number of carbonyl (C=O) groups excluding carboxylic acids is 1. The summed E-state index contributed by atoms with van der Waals surface area (Å²) >= 11 is 0. The Hall–Kier alpha value is -2.39. The number of benzene rings is 1. The van der Waals surface area contributed by atoms with Crippen molar-refractivity contribution in [2.75, 3.05) is 11.9 Å². The van der Waals surface area contributed by atoms with Crippen LogP contribution in [0.15, 0.2) is 42.7 Å². The molecule has 1 amide bonds. The topological polar surface area (TPSA) is 88.2 Å². The van der Waals surface area contributed by atoms with Gasteiger partial charge in [0.05, 0.1) is 24.2 Å². The highest BCUT2D eigenvalue weighted by molar-refractivity contribution is 7.88. The molecule has 1 heterocycles. The number of pyridine rings is 1. The number of hydrogen-bond donors (Lipinski definition) is 2. The highest BCUT2D eigenvalue weighted by Crippen LogP contribution is 2.11. The van der Waals surface area contributed by atoms with Crippen LogP contribution in [0.25, 0.3) is 0 Å². The van der Waals surface area contributed by atoms with Gasteiger partial charge in [-0.3, -0.25) is 9.78 Å². The van der Waals surface area contributed by atoms with E-state index in [1.165, 1.54) is 12.4 Å². The zero-order chi connectivity index (χ0) is 16.9. The second-order valence-electron chi connectivity index (χ2n) is 4.62. The van der Waals surface area contributed by atoms with Gasteiger partial charge in [-0.15, -0.1) is 0 Å². The predicted molar refractivity (Wildman–Crippen MR) is 79.9 cm³/mol. The van der Waals surface area contributed by atoms with E-state index >= 15 is 0 Å². The van der Waals surface area contributed by atoms with Crippen molar-refractivity contribution in [3.8, 4) is 0 Å². The normalized spacial score (nSPS) is 11.2. The Morgan fingerprint density at radius 2 is 1.96 bits per heavy atom. The molecular formula is C14H13F2N3O3S. The largest absolute Gasteiger partial charge is 0.324 e. The van der Waals surface area contributed by atoms with Crippen LogP contribution in [-0.4, -0.2) is 25.9 Å². The minimum absolute atomic E-state index is 0.0732. The molecule has 0 bridgehead atoms. The summed E-state index contributed by atoms with van der Waals surface area (Å²) in [6, 6.07) is 6.01. The summed E-state index contributed by atoms with van der Waals surface area (Å²) in [6.45, 7) is -0.485. The lowest BCUT2D eigenvalue weighted by molar-refractivity contribution is -0.115. The molecule has 0 aliphatic heterocycles. The first-order chi connectivity index (χ1) is 10.9. The van der Waals surface area contributed by atoms with Gasteiger partial charge in [0.25, 0.3) is 0 Å². The second-order valence-corrected chi connectivity index (χ2v) is 6.43. The zero-order valence-electron chi connectivity index (χ0n) is 11.8. The smallest absolute Gasteiger partial charge is 0.239 e. The average Bonchev–Trinajstić information content (AvgIpc) is 2.50. The molecule has 0 saturated heterocycles. The van der Waals surface area contributed by atoms with Crippen LogP contribution in [0.4, 0.5) is 14.5 Å². The van der Waals surface area contributed by atoms with E-state index in [9.17, 15) is 22.0 Å². The molecule has 2 N–H and O–H groups in total. The molecule has 6 nitrogen and oxygen atoms in total. The molecule has 0 aliphatic rings. The highest BCUT2D eigenvalue weighted by Gasteiger charge is 2.15. The number of carbonyl (C=O) groups is 1. The van der Waals surface area contributed by atoms with Crippen LogP contribution in [0.2, 0.25) is 0 Å². The van der Waals surface area contributed by atoms with Gasteiger partial charge in [0.15, 0.2) is 11.6 Å². The molecule has 0 saturated carbocycles. The minimum atomic E-state index is -3.87. The Labute approximate surface area is 131 Å². The Balaban J connectivity index is 1.90. The summed E-state index contributed by atoms with van der Waals surface area (Å²) in [5, 5.41) is 2.46. The van der Waals surface area contributed by atoms with E-state index in [0.717, 1.165) is 18.2 Å². The van der Waals surface area contributed by atoms with Crippen molar-refractivity contribution in [1.29, 1.82) is 0 Å². The number of nitrogens with one attached hydrogen (secondary N) is 2. The van der Waals surface area contributed by atoms with Crippen LogP contribution in [0.1, 0.15) is 5.56 Å². The van der Waals surface area contributed by atoms with Gasteiger partial charge in [0.2, 0.25) is 15.9 Å². The SMILES string of the molecule is O=C(CNS(=O)(=O)Cc1ccc(F)c(F)c1)Nc1cccnc1. The van der Waals surface area contributed by atoms with Gasteiger partial charge in [-0.05, 0) is 29.8 Å². The van der Waals surface area contributed by atoms with Gasteiger partial charge >= 0.3 is 0 Å². The average molecular weight is 341 g/mol. The summed E-state index contributed by atoms with van der Waals surface area (Å²) in [7, 11) is -3.87. The van der Waals surface area contributed by atoms with Gasteiger partial charge in [0.1, 0.15) is 0 Å². The zero-order valence-corrected chi connectivity index (χ0v) is 12.6. The maximum atomic E-state index is 13.1. The lowest BCUT2D eigenvalue weighted by atomic mass is 10.2. The molecule has 122 valence electrons. The maximum Gasteiger partial charge on any atom is 0.239 e. The first-order valence-corrected chi connectivity index (χ1v) is 8.12. The van der Waals surface area contributed by atoms with Crippen LogP contribution in [-0.2, 0) is 20.6 Å². The molecule has 0 unspecified atom stereocenters. The third kappa shape index (κ3) is 5.38. The van der Waals surface area contributed by atoms with Crippen molar-refractivity contribution in [2.24, 2.45) is 0 Å². The van der Waals surface area contributed by atoms with E-state index in [1.807, 2.05) is 0 Å². The van der Waals surface area contributed by atoms with Gasteiger partial charge in [-0.2, -0.15) is 0 Å². The second kappa shape index (κ2) is 7.25. The number of nitrogens with zero attached hydrogens (tertiary/aromatic N) is 1. The third-order valence-corrected chi connectivity index (χ3v) is 4.04. The Bertz CT molecular complexity index is 798. The van der Waals surface area contributed by atoms with Crippen molar-refractivity contribution in [3.05, 3.63) is 59.9 Å². The molecule has 9 heteroatoms. The van der Waals surface area contributed by atoms with E-state index in [-0.39, 0.29) is 5.56 Å². The van der Waals surface area contributed by atoms with Crippen LogP contribution < -0.4 is 10.0 Å². The molecular weight excluding hydrogens is 328 g/mol. The number of halogens is 2. The fourth-order valence-corrected chi connectivity index (χ4v) is 2.79. The highest BCUT2D eigenvalue weighted by atomic mass is 32.2. The lowest BCUT2D eigenvalue weighted by Gasteiger charge is -2.08. The van der Waals surface area contributed by atoms with Crippen molar-refractivity contribution < 1.29 is 22.0 Å².